The van der Waals surface area contributed by atoms with Crippen LogP contribution in [0.1, 0.15) is 18.4 Å². The summed E-state index contributed by atoms with van der Waals surface area (Å²) >= 11 is 0. The van der Waals surface area contributed by atoms with E-state index in [1.54, 1.807) is 36.0 Å². The molecule has 1 fully saturated rings. The maximum Gasteiger partial charge on any atom is 0.330 e. The first-order valence-electron chi connectivity index (χ1n) is 8.84. The Kier molecular flexibility index (Phi) is 4.24. The van der Waals surface area contributed by atoms with E-state index in [1.165, 1.54) is 10.6 Å². The van der Waals surface area contributed by atoms with E-state index < -0.39 is 0 Å². The second-order valence-corrected chi connectivity index (χ2v) is 6.87. The van der Waals surface area contributed by atoms with Crippen LogP contribution in [0.5, 0.6) is 0 Å². The highest BCUT2D eigenvalue weighted by molar-refractivity contribution is 5.87. The van der Waals surface area contributed by atoms with E-state index >= 15 is 0 Å². The zero-order valence-corrected chi connectivity index (χ0v) is 14.7. The van der Waals surface area contributed by atoms with Crippen molar-refractivity contribution >= 4 is 16.9 Å². The number of benzene rings is 1. The topological polar surface area (TPSA) is 69.1 Å². The van der Waals surface area contributed by atoms with Crippen molar-refractivity contribution in [1.29, 1.82) is 0 Å². The van der Waals surface area contributed by atoms with E-state index in [9.17, 15) is 9.18 Å². The number of aryl methyl sites for hydroxylation is 1. The van der Waals surface area contributed by atoms with Crippen LogP contribution in [0.15, 0.2) is 41.3 Å². The van der Waals surface area contributed by atoms with Gasteiger partial charge in [-0.25, -0.2) is 14.2 Å². The summed E-state index contributed by atoms with van der Waals surface area (Å²) in [6.45, 7) is 1.79. The minimum Gasteiger partial charge on any atom is -0.368 e. The molecule has 7 heteroatoms. The molecule has 0 spiro atoms. The lowest BCUT2D eigenvalue weighted by atomic mass is 10.1. The molecule has 26 heavy (non-hydrogen) atoms. The molecule has 136 valence electrons. The van der Waals surface area contributed by atoms with Crippen LogP contribution < -0.4 is 16.3 Å². The van der Waals surface area contributed by atoms with Crippen LogP contribution in [0, 0.1) is 5.82 Å². The smallest absolute Gasteiger partial charge is 0.330 e. The summed E-state index contributed by atoms with van der Waals surface area (Å²) in [4.78, 5) is 19.4. The zero-order chi connectivity index (χ0) is 18.3. The fraction of sp³-hybridized carbons (Fsp3) is 0.368. The Hall–Kier alpha value is -2.67. The first-order chi connectivity index (χ1) is 12.6. The van der Waals surface area contributed by atoms with Gasteiger partial charge in [-0.15, -0.1) is 0 Å². The third-order valence-corrected chi connectivity index (χ3v) is 5.07. The monoisotopic (exact) mass is 355 g/mol. The van der Waals surface area contributed by atoms with Crippen LogP contribution >= 0.6 is 0 Å². The van der Waals surface area contributed by atoms with Crippen molar-refractivity contribution in [3.8, 4) is 0 Å². The molecular weight excluding hydrogens is 333 g/mol. The molecule has 0 radical (unpaired) electrons. The molecular formula is C19H22FN5O. The highest BCUT2D eigenvalue weighted by Gasteiger charge is 2.23. The molecule has 0 saturated carbocycles. The molecule has 1 aliphatic rings. The van der Waals surface area contributed by atoms with Crippen molar-refractivity contribution in [3.05, 3.63) is 58.4 Å². The number of nitrogens with zero attached hydrogens (tertiary/aromatic N) is 4. The van der Waals surface area contributed by atoms with Crippen LogP contribution in [0.25, 0.3) is 11.2 Å². The van der Waals surface area contributed by atoms with E-state index in [-0.39, 0.29) is 24.1 Å². The minimum absolute atomic E-state index is 0.113. The molecule has 1 aliphatic heterocycles. The van der Waals surface area contributed by atoms with Crippen LogP contribution in [-0.4, -0.2) is 33.2 Å². The number of imidazole rings is 1. The third-order valence-electron chi connectivity index (χ3n) is 5.07. The fourth-order valence-electron chi connectivity index (χ4n) is 3.73. The number of aromatic nitrogens is 3. The van der Waals surface area contributed by atoms with E-state index in [0.717, 1.165) is 37.1 Å². The van der Waals surface area contributed by atoms with Crippen molar-refractivity contribution in [3.63, 3.8) is 0 Å². The standard InChI is InChI=1S/C19H22FN5O/c1-23-18-17(16(8-9-22-18)24-10-4-6-14(21)12-24)25(19(23)26)11-13-5-2-3-7-15(13)20/h2-3,5,7-9,14H,4,6,10-12,21H2,1H3. The van der Waals surface area contributed by atoms with Crippen LogP contribution in [0.3, 0.4) is 0 Å². The van der Waals surface area contributed by atoms with Gasteiger partial charge in [-0.05, 0) is 25.0 Å². The van der Waals surface area contributed by atoms with Gasteiger partial charge in [0.2, 0.25) is 0 Å². The van der Waals surface area contributed by atoms with Gasteiger partial charge in [0.1, 0.15) is 11.3 Å². The Balaban J connectivity index is 1.88. The number of fused-ring (bicyclic) bond motifs is 1. The largest absolute Gasteiger partial charge is 0.368 e. The van der Waals surface area contributed by atoms with E-state index in [2.05, 4.69) is 9.88 Å². The van der Waals surface area contributed by atoms with Crippen molar-refractivity contribution in [2.75, 3.05) is 18.0 Å². The quantitative estimate of drug-likeness (QED) is 0.778. The normalized spacial score (nSPS) is 17.8. The van der Waals surface area contributed by atoms with Crippen molar-refractivity contribution < 1.29 is 4.39 Å². The van der Waals surface area contributed by atoms with E-state index in [1.807, 2.05) is 6.07 Å². The Morgan fingerprint density at radius 2 is 2.12 bits per heavy atom. The Morgan fingerprint density at radius 1 is 1.31 bits per heavy atom. The summed E-state index contributed by atoms with van der Waals surface area (Å²) in [5.41, 5.74) is 8.68. The first kappa shape index (κ1) is 16.8. The lowest BCUT2D eigenvalue weighted by molar-refractivity contribution is 0.506. The van der Waals surface area contributed by atoms with Crippen molar-refractivity contribution in [2.24, 2.45) is 12.8 Å². The van der Waals surface area contributed by atoms with Gasteiger partial charge < -0.3 is 10.6 Å². The molecule has 0 aliphatic carbocycles. The Labute approximate surface area is 150 Å². The zero-order valence-electron chi connectivity index (χ0n) is 14.7. The lowest BCUT2D eigenvalue weighted by Crippen LogP contribution is -2.43. The Morgan fingerprint density at radius 3 is 2.88 bits per heavy atom. The van der Waals surface area contributed by atoms with Gasteiger partial charge in [0.25, 0.3) is 0 Å². The molecule has 1 aromatic carbocycles. The molecule has 0 amide bonds. The van der Waals surface area contributed by atoms with E-state index in [0.29, 0.717) is 11.2 Å². The van der Waals surface area contributed by atoms with Gasteiger partial charge in [-0.3, -0.25) is 9.13 Å². The lowest BCUT2D eigenvalue weighted by Gasteiger charge is -2.33. The number of pyridine rings is 1. The summed E-state index contributed by atoms with van der Waals surface area (Å²) < 4.78 is 17.3. The molecule has 6 nitrogen and oxygen atoms in total. The summed E-state index contributed by atoms with van der Waals surface area (Å²) in [7, 11) is 1.70. The van der Waals surface area contributed by atoms with Crippen molar-refractivity contribution in [2.45, 2.75) is 25.4 Å². The van der Waals surface area contributed by atoms with Gasteiger partial charge in [0, 0.05) is 37.9 Å². The van der Waals surface area contributed by atoms with Crippen LogP contribution in [0.4, 0.5) is 10.1 Å². The number of hydrogen-bond donors (Lipinski definition) is 1. The molecule has 0 bridgehead atoms. The van der Waals surface area contributed by atoms with Gasteiger partial charge in [0.15, 0.2) is 5.65 Å². The maximum absolute atomic E-state index is 14.2. The predicted molar refractivity (Wildman–Crippen MR) is 99.9 cm³/mol. The minimum atomic E-state index is -0.318. The van der Waals surface area contributed by atoms with Gasteiger partial charge in [0.05, 0.1) is 12.2 Å². The second-order valence-electron chi connectivity index (χ2n) is 6.87. The highest BCUT2D eigenvalue weighted by atomic mass is 19.1. The molecule has 2 aromatic heterocycles. The van der Waals surface area contributed by atoms with Crippen LogP contribution in [0.2, 0.25) is 0 Å². The number of anilines is 1. The van der Waals surface area contributed by atoms with Gasteiger partial charge in [-0.1, -0.05) is 18.2 Å². The summed E-state index contributed by atoms with van der Waals surface area (Å²) in [5.74, 6) is -0.318. The molecule has 1 atom stereocenters. The number of halogens is 1. The summed E-state index contributed by atoms with van der Waals surface area (Å²) in [5, 5.41) is 0. The fourth-order valence-corrected chi connectivity index (χ4v) is 3.73. The molecule has 3 aromatic rings. The van der Waals surface area contributed by atoms with Gasteiger partial charge in [-0.2, -0.15) is 0 Å². The number of hydrogen-bond acceptors (Lipinski definition) is 4. The maximum atomic E-state index is 14.2. The van der Waals surface area contributed by atoms with Gasteiger partial charge >= 0.3 is 5.69 Å². The molecule has 3 heterocycles. The molecule has 2 N–H and O–H groups in total. The average Bonchev–Trinajstić information content (AvgIpc) is 2.88. The number of rotatable bonds is 3. The average molecular weight is 355 g/mol. The summed E-state index contributed by atoms with van der Waals surface area (Å²) in [6.07, 6.45) is 3.72. The molecule has 1 saturated heterocycles. The van der Waals surface area contributed by atoms with E-state index in [4.69, 9.17) is 5.73 Å². The predicted octanol–water partition coefficient (Wildman–Crippen LogP) is 1.85. The molecule has 4 rings (SSSR count). The van der Waals surface area contributed by atoms with Crippen LogP contribution in [-0.2, 0) is 13.6 Å². The van der Waals surface area contributed by atoms with Crippen molar-refractivity contribution in [1.82, 2.24) is 14.1 Å². The summed E-state index contributed by atoms with van der Waals surface area (Å²) in [6, 6.07) is 8.56. The first-order valence-corrected chi connectivity index (χ1v) is 8.84. The highest BCUT2D eigenvalue weighted by Crippen LogP contribution is 2.27. The Bertz CT molecular complexity index is 1010. The second kappa shape index (κ2) is 6.57. The molecule has 1 unspecified atom stereocenters. The number of nitrogens with two attached hydrogens (primary N) is 1. The third kappa shape index (κ3) is 2.78. The SMILES string of the molecule is Cn1c(=O)n(Cc2ccccc2F)c2c(N3CCCC(N)C3)ccnc21. The number of piperidine rings is 1.